The van der Waals surface area contributed by atoms with E-state index in [-0.39, 0.29) is 16.3 Å². The Labute approximate surface area is 170 Å². The molecule has 0 atom stereocenters. The molecule has 0 unspecified atom stereocenters. The second-order valence-electron chi connectivity index (χ2n) is 6.34. The number of hydrogen-bond acceptors (Lipinski definition) is 5. The summed E-state index contributed by atoms with van der Waals surface area (Å²) in [6, 6.07) is 16.7. The third-order valence-corrected chi connectivity index (χ3v) is 4.83. The molecule has 1 N–H and O–H groups in total. The molecule has 0 saturated carbocycles. The number of carbonyl (C=O) groups is 1. The number of nitrogens with zero attached hydrogens (tertiary/aromatic N) is 2. The van der Waals surface area contributed by atoms with E-state index in [1.807, 2.05) is 37.3 Å². The van der Waals surface area contributed by atoms with Crippen molar-refractivity contribution in [2.45, 2.75) is 6.92 Å². The van der Waals surface area contributed by atoms with Gasteiger partial charge in [0.25, 0.3) is 11.6 Å². The lowest BCUT2D eigenvalue weighted by atomic mass is 10.1. The largest absolute Gasteiger partial charge is 0.436 e. The first kappa shape index (κ1) is 18.6. The van der Waals surface area contributed by atoms with Gasteiger partial charge < -0.3 is 9.73 Å². The Balaban J connectivity index is 1.66. The molecule has 3 aromatic carbocycles. The predicted molar refractivity (Wildman–Crippen MR) is 110 cm³/mol. The fourth-order valence-electron chi connectivity index (χ4n) is 2.98. The Morgan fingerprint density at radius 3 is 2.69 bits per heavy atom. The Bertz CT molecular complexity index is 1230. The standard InChI is InChI=1S/C21H14ClN3O4/c1-12-14(21-24-17-6-2-3-8-19(17)29-21)5-4-7-16(12)23-20(26)13-9-10-15(22)18(11-13)25(27)28/h2-11H,1H3,(H,23,26). The number of fused-ring (bicyclic) bond motifs is 1. The topological polar surface area (TPSA) is 98.3 Å². The van der Waals surface area contributed by atoms with Crippen LogP contribution in [0.25, 0.3) is 22.6 Å². The molecule has 1 amide bonds. The third-order valence-electron chi connectivity index (χ3n) is 4.51. The molecule has 0 fully saturated rings. The highest BCUT2D eigenvalue weighted by atomic mass is 35.5. The van der Waals surface area contributed by atoms with Crippen LogP contribution in [0.15, 0.2) is 65.1 Å². The molecule has 29 heavy (non-hydrogen) atoms. The van der Waals surface area contributed by atoms with Gasteiger partial charge in [-0.05, 0) is 48.9 Å². The molecule has 0 bridgehead atoms. The molecule has 0 radical (unpaired) electrons. The first-order valence-electron chi connectivity index (χ1n) is 8.65. The molecule has 0 aliphatic heterocycles. The molecule has 0 spiro atoms. The molecule has 4 aromatic rings. The molecule has 1 aromatic heterocycles. The van der Waals surface area contributed by atoms with Crippen molar-refractivity contribution in [3.63, 3.8) is 0 Å². The van der Waals surface area contributed by atoms with Crippen LogP contribution in [-0.4, -0.2) is 15.8 Å². The number of nitrogens with one attached hydrogen (secondary N) is 1. The zero-order chi connectivity index (χ0) is 20.5. The Hall–Kier alpha value is -3.71. The minimum Gasteiger partial charge on any atom is -0.436 e. The van der Waals surface area contributed by atoms with Crippen LogP contribution in [0.2, 0.25) is 5.02 Å². The van der Waals surface area contributed by atoms with E-state index in [1.165, 1.54) is 12.1 Å². The highest BCUT2D eigenvalue weighted by Crippen LogP contribution is 2.31. The molecular formula is C21H14ClN3O4. The highest BCUT2D eigenvalue weighted by molar-refractivity contribution is 6.32. The van der Waals surface area contributed by atoms with Gasteiger partial charge in [0.1, 0.15) is 10.5 Å². The van der Waals surface area contributed by atoms with Crippen LogP contribution in [0.5, 0.6) is 0 Å². The van der Waals surface area contributed by atoms with Crippen LogP contribution < -0.4 is 5.32 Å². The summed E-state index contributed by atoms with van der Waals surface area (Å²) < 4.78 is 5.82. The number of oxazole rings is 1. The smallest absolute Gasteiger partial charge is 0.288 e. The molecule has 0 saturated heterocycles. The number of halogens is 1. The first-order chi connectivity index (χ1) is 13.9. The van der Waals surface area contributed by atoms with Crippen molar-refractivity contribution in [2.24, 2.45) is 0 Å². The normalized spacial score (nSPS) is 10.8. The minimum atomic E-state index is -0.627. The van der Waals surface area contributed by atoms with Gasteiger partial charge in [0.05, 0.1) is 4.92 Å². The second-order valence-corrected chi connectivity index (χ2v) is 6.75. The van der Waals surface area contributed by atoms with Gasteiger partial charge in [-0.3, -0.25) is 14.9 Å². The Morgan fingerprint density at radius 1 is 1.14 bits per heavy atom. The fraction of sp³-hybridized carbons (Fsp3) is 0.0476. The maximum absolute atomic E-state index is 12.6. The Kier molecular flexibility index (Phi) is 4.74. The summed E-state index contributed by atoms with van der Waals surface area (Å²) >= 11 is 5.81. The van der Waals surface area contributed by atoms with Gasteiger partial charge >= 0.3 is 0 Å². The maximum atomic E-state index is 12.6. The van der Waals surface area contributed by atoms with E-state index >= 15 is 0 Å². The lowest BCUT2D eigenvalue weighted by molar-refractivity contribution is -0.384. The molecule has 0 aliphatic carbocycles. The Morgan fingerprint density at radius 2 is 1.93 bits per heavy atom. The minimum absolute atomic E-state index is 0.0271. The molecule has 7 nitrogen and oxygen atoms in total. The number of nitro benzene ring substituents is 1. The van der Waals surface area contributed by atoms with Crippen LogP contribution in [0.1, 0.15) is 15.9 Å². The zero-order valence-corrected chi connectivity index (χ0v) is 15.9. The van der Waals surface area contributed by atoms with Gasteiger partial charge in [-0.25, -0.2) is 4.98 Å². The average molecular weight is 408 g/mol. The summed E-state index contributed by atoms with van der Waals surface area (Å²) in [5.74, 6) is -0.0375. The molecule has 1 heterocycles. The van der Waals surface area contributed by atoms with E-state index < -0.39 is 10.8 Å². The number of carbonyl (C=O) groups excluding carboxylic acids is 1. The monoisotopic (exact) mass is 407 g/mol. The number of aromatic nitrogens is 1. The average Bonchev–Trinajstić information content (AvgIpc) is 3.13. The number of amides is 1. The van der Waals surface area contributed by atoms with E-state index in [1.54, 1.807) is 12.1 Å². The second kappa shape index (κ2) is 7.37. The number of rotatable bonds is 4. The van der Waals surface area contributed by atoms with Crippen LogP contribution in [-0.2, 0) is 0 Å². The number of nitro groups is 1. The summed E-state index contributed by atoms with van der Waals surface area (Å²) in [5, 5.41) is 13.8. The number of benzene rings is 3. The van der Waals surface area contributed by atoms with Crippen LogP contribution in [0, 0.1) is 17.0 Å². The summed E-state index contributed by atoms with van der Waals surface area (Å²) in [6.07, 6.45) is 0. The zero-order valence-electron chi connectivity index (χ0n) is 15.2. The molecule has 144 valence electrons. The van der Waals surface area contributed by atoms with E-state index in [2.05, 4.69) is 10.3 Å². The predicted octanol–water partition coefficient (Wildman–Crippen LogP) is 5.62. The van der Waals surface area contributed by atoms with E-state index in [9.17, 15) is 14.9 Å². The van der Waals surface area contributed by atoms with Crippen molar-refractivity contribution >= 4 is 40.0 Å². The van der Waals surface area contributed by atoms with Gasteiger partial charge in [0.15, 0.2) is 5.58 Å². The molecule has 8 heteroatoms. The van der Waals surface area contributed by atoms with E-state index in [0.29, 0.717) is 17.2 Å². The van der Waals surface area contributed by atoms with Crippen molar-refractivity contribution in [1.82, 2.24) is 4.98 Å². The maximum Gasteiger partial charge on any atom is 0.288 e. The quantitative estimate of drug-likeness (QED) is 0.350. The van der Waals surface area contributed by atoms with Gasteiger partial charge in [-0.2, -0.15) is 0 Å². The third kappa shape index (κ3) is 3.55. The summed E-state index contributed by atoms with van der Waals surface area (Å²) in [5.41, 5.74) is 3.27. The summed E-state index contributed by atoms with van der Waals surface area (Å²) in [6.45, 7) is 1.84. The molecule has 4 rings (SSSR count). The van der Waals surface area contributed by atoms with Crippen molar-refractivity contribution in [1.29, 1.82) is 0 Å². The number of para-hydroxylation sites is 2. The van der Waals surface area contributed by atoms with E-state index in [4.69, 9.17) is 16.0 Å². The summed E-state index contributed by atoms with van der Waals surface area (Å²) in [4.78, 5) is 27.5. The highest BCUT2D eigenvalue weighted by Gasteiger charge is 2.18. The van der Waals surface area contributed by atoms with Crippen LogP contribution >= 0.6 is 11.6 Å². The van der Waals surface area contributed by atoms with Crippen LogP contribution in [0.4, 0.5) is 11.4 Å². The SMILES string of the molecule is Cc1c(NC(=O)c2ccc(Cl)c([N+](=O)[O-])c2)cccc1-c1nc2ccccc2o1. The van der Waals surface area contributed by atoms with Crippen molar-refractivity contribution in [3.05, 3.63) is 86.9 Å². The van der Waals surface area contributed by atoms with Gasteiger partial charge in [-0.1, -0.05) is 29.8 Å². The van der Waals surface area contributed by atoms with Crippen molar-refractivity contribution < 1.29 is 14.1 Å². The number of hydrogen-bond donors (Lipinski definition) is 1. The fourth-order valence-corrected chi connectivity index (χ4v) is 3.17. The lowest BCUT2D eigenvalue weighted by Crippen LogP contribution is -2.13. The van der Waals surface area contributed by atoms with Crippen molar-refractivity contribution in [2.75, 3.05) is 5.32 Å². The molecule has 0 aliphatic rings. The van der Waals surface area contributed by atoms with Gasteiger partial charge in [0, 0.05) is 22.9 Å². The lowest BCUT2D eigenvalue weighted by Gasteiger charge is -2.11. The first-order valence-corrected chi connectivity index (χ1v) is 9.02. The summed E-state index contributed by atoms with van der Waals surface area (Å²) in [7, 11) is 0. The molecular weight excluding hydrogens is 394 g/mol. The van der Waals surface area contributed by atoms with Crippen LogP contribution in [0.3, 0.4) is 0 Å². The van der Waals surface area contributed by atoms with Gasteiger partial charge in [0.2, 0.25) is 5.89 Å². The van der Waals surface area contributed by atoms with Gasteiger partial charge in [-0.15, -0.1) is 0 Å². The van der Waals surface area contributed by atoms with E-state index in [0.717, 1.165) is 22.7 Å². The van der Waals surface area contributed by atoms with Crippen molar-refractivity contribution in [3.8, 4) is 11.5 Å². The number of anilines is 1.